The summed E-state index contributed by atoms with van der Waals surface area (Å²) in [7, 11) is -0.344. The Kier molecular flexibility index (Phi) is 4.41. The number of aryl methyl sites for hydroxylation is 1. The normalized spacial score (nSPS) is 18.6. The second kappa shape index (κ2) is 6.23. The lowest BCUT2D eigenvalue weighted by Crippen LogP contribution is -2.41. The Hall–Kier alpha value is -1.85. The quantitative estimate of drug-likeness (QED) is 0.809. The molecule has 4 nitrogen and oxygen atoms in total. The monoisotopic (exact) mass is 325 g/mol. The van der Waals surface area contributed by atoms with E-state index in [2.05, 4.69) is 38.7 Å². The molecule has 3 rings (SSSR count). The van der Waals surface area contributed by atoms with Crippen molar-refractivity contribution in [1.82, 2.24) is 4.98 Å². The minimum absolute atomic E-state index is 0.331. The first kappa shape index (κ1) is 17.0. The maximum Gasteiger partial charge on any atom is 0.494 e. The van der Waals surface area contributed by atoms with Crippen LogP contribution in [0.25, 0.3) is 0 Å². The lowest BCUT2D eigenvalue weighted by molar-refractivity contribution is 0.00578. The molecule has 2 aromatic rings. The molecule has 5 heteroatoms. The fourth-order valence-electron chi connectivity index (χ4n) is 2.60. The molecule has 0 spiro atoms. The predicted octanol–water partition coefficient (Wildman–Crippen LogP) is 3.27. The first-order chi connectivity index (χ1) is 11.3. The van der Waals surface area contributed by atoms with Crippen molar-refractivity contribution in [2.45, 2.75) is 52.4 Å². The van der Waals surface area contributed by atoms with E-state index in [1.807, 2.05) is 31.2 Å². The lowest BCUT2D eigenvalue weighted by Gasteiger charge is -2.32. The van der Waals surface area contributed by atoms with Gasteiger partial charge >= 0.3 is 7.12 Å². The van der Waals surface area contributed by atoms with Gasteiger partial charge in [0.25, 0.3) is 0 Å². The number of rotatable bonds is 4. The summed E-state index contributed by atoms with van der Waals surface area (Å²) in [6, 6.07) is 9.97. The molecule has 1 saturated heterocycles. The molecule has 0 atom stereocenters. The minimum Gasteiger partial charge on any atom is -0.489 e. The van der Waals surface area contributed by atoms with E-state index in [9.17, 15) is 0 Å². The molecule has 1 fully saturated rings. The lowest BCUT2D eigenvalue weighted by atomic mass is 9.78. The summed E-state index contributed by atoms with van der Waals surface area (Å²) in [5, 5.41) is 0. The van der Waals surface area contributed by atoms with Crippen molar-refractivity contribution in [3.63, 3.8) is 0 Å². The number of benzene rings is 1. The van der Waals surface area contributed by atoms with E-state index in [0.717, 1.165) is 22.3 Å². The van der Waals surface area contributed by atoms with Gasteiger partial charge in [-0.2, -0.15) is 0 Å². The number of ether oxygens (including phenoxy) is 1. The highest BCUT2D eigenvalue weighted by molar-refractivity contribution is 6.62. The summed E-state index contributed by atoms with van der Waals surface area (Å²) in [5.74, 6) is 0.868. The summed E-state index contributed by atoms with van der Waals surface area (Å²) in [6.45, 7) is 10.8. The van der Waals surface area contributed by atoms with Gasteiger partial charge < -0.3 is 14.0 Å². The fourth-order valence-corrected chi connectivity index (χ4v) is 2.60. The molecule has 0 aliphatic carbocycles. The van der Waals surface area contributed by atoms with Crippen LogP contribution in [0.5, 0.6) is 5.75 Å². The molecule has 0 saturated carbocycles. The van der Waals surface area contributed by atoms with Crippen molar-refractivity contribution >= 4 is 12.6 Å². The molecule has 0 N–H and O–H groups in total. The fraction of sp³-hybridized carbons (Fsp3) is 0.421. The van der Waals surface area contributed by atoms with Crippen molar-refractivity contribution in [2.24, 2.45) is 0 Å². The van der Waals surface area contributed by atoms with Crippen LogP contribution in [0.2, 0.25) is 0 Å². The van der Waals surface area contributed by atoms with Crippen LogP contribution in [0.4, 0.5) is 0 Å². The third-order valence-corrected chi connectivity index (χ3v) is 4.87. The third-order valence-electron chi connectivity index (χ3n) is 4.87. The number of hydrogen-bond donors (Lipinski definition) is 0. The molecule has 0 bridgehead atoms. The standard InChI is InChI=1S/C19H24BNO3/c1-14-12-16(20-23-18(2,3)19(4,5)24-20)6-7-17(14)22-13-15-8-10-21-11-9-15/h6-12H,13H2,1-5H3. The van der Waals surface area contributed by atoms with E-state index in [-0.39, 0.29) is 18.3 Å². The average molecular weight is 325 g/mol. The first-order valence-corrected chi connectivity index (χ1v) is 8.26. The minimum atomic E-state index is -0.344. The largest absolute Gasteiger partial charge is 0.494 e. The number of nitrogens with zero attached hydrogens (tertiary/aromatic N) is 1. The SMILES string of the molecule is Cc1cc(B2OC(C)(C)C(C)(C)O2)ccc1OCc1ccncc1. The van der Waals surface area contributed by atoms with Crippen LogP contribution >= 0.6 is 0 Å². The molecule has 0 radical (unpaired) electrons. The molecular formula is C19H24BNO3. The van der Waals surface area contributed by atoms with E-state index < -0.39 is 0 Å². The average Bonchev–Trinajstić information content (AvgIpc) is 2.75. The van der Waals surface area contributed by atoms with Crippen LogP contribution in [0.3, 0.4) is 0 Å². The molecule has 1 aromatic heterocycles. The highest BCUT2D eigenvalue weighted by Crippen LogP contribution is 2.36. The van der Waals surface area contributed by atoms with Crippen LogP contribution < -0.4 is 10.2 Å². The number of aromatic nitrogens is 1. The van der Waals surface area contributed by atoms with Crippen molar-refractivity contribution in [2.75, 3.05) is 0 Å². The number of hydrogen-bond acceptors (Lipinski definition) is 4. The van der Waals surface area contributed by atoms with Gasteiger partial charge in [-0.25, -0.2) is 0 Å². The maximum atomic E-state index is 6.10. The third kappa shape index (κ3) is 3.33. The summed E-state index contributed by atoms with van der Waals surface area (Å²) in [6.07, 6.45) is 3.54. The maximum absolute atomic E-state index is 6.10. The van der Waals surface area contributed by atoms with Crippen molar-refractivity contribution < 1.29 is 14.0 Å². The van der Waals surface area contributed by atoms with Crippen LogP contribution in [-0.2, 0) is 15.9 Å². The topological polar surface area (TPSA) is 40.6 Å². The Labute approximate surface area is 144 Å². The van der Waals surface area contributed by atoms with E-state index in [1.165, 1.54) is 0 Å². The van der Waals surface area contributed by atoms with Crippen LogP contribution in [-0.4, -0.2) is 23.3 Å². The molecule has 1 aliphatic heterocycles. The van der Waals surface area contributed by atoms with Gasteiger partial charge in [0.05, 0.1) is 11.2 Å². The molecule has 24 heavy (non-hydrogen) atoms. The highest BCUT2D eigenvalue weighted by atomic mass is 16.7. The molecule has 1 aromatic carbocycles. The van der Waals surface area contributed by atoms with Crippen LogP contribution in [0.15, 0.2) is 42.7 Å². The van der Waals surface area contributed by atoms with Crippen molar-refractivity contribution in [3.05, 3.63) is 53.9 Å². The Bertz CT molecular complexity index is 700. The Morgan fingerprint density at radius 2 is 1.62 bits per heavy atom. The molecule has 0 unspecified atom stereocenters. The number of pyridine rings is 1. The molecule has 0 amide bonds. The van der Waals surface area contributed by atoms with Gasteiger partial charge in [0.2, 0.25) is 0 Å². The molecule has 126 valence electrons. The van der Waals surface area contributed by atoms with Gasteiger partial charge in [-0.05, 0) is 69.4 Å². The second-order valence-corrected chi connectivity index (χ2v) is 7.26. The van der Waals surface area contributed by atoms with Gasteiger partial charge in [-0.3, -0.25) is 4.98 Å². The molecular weight excluding hydrogens is 301 g/mol. The Balaban J connectivity index is 1.71. The smallest absolute Gasteiger partial charge is 0.489 e. The van der Waals surface area contributed by atoms with Crippen LogP contribution in [0.1, 0.15) is 38.8 Å². The zero-order valence-electron chi connectivity index (χ0n) is 15.0. The zero-order valence-corrected chi connectivity index (χ0v) is 15.0. The Morgan fingerprint density at radius 3 is 2.21 bits per heavy atom. The summed E-state index contributed by atoms with van der Waals surface area (Å²) >= 11 is 0. The first-order valence-electron chi connectivity index (χ1n) is 8.26. The summed E-state index contributed by atoms with van der Waals surface area (Å²) < 4.78 is 18.1. The van der Waals surface area contributed by atoms with Crippen LogP contribution in [0, 0.1) is 6.92 Å². The van der Waals surface area contributed by atoms with Crippen molar-refractivity contribution in [1.29, 1.82) is 0 Å². The Morgan fingerprint density at radius 1 is 1.00 bits per heavy atom. The van der Waals surface area contributed by atoms with Gasteiger partial charge in [-0.15, -0.1) is 0 Å². The van der Waals surface area contributed by atoms with E-state index >= 15 is 0 Å². The summed E-state index contributed by atoms with van der Waals surface area (Å²) in [5.41, 5.74) is 2.52. The van der Waals surface area contributed by atoms with E-state index in [4.69, 9.17) is 14.0 Å². The predicted molar refractivity (Wildman–Crippen MR) is 95.5 cm³/mol. The highest BCUT2D eigenvalue weighted by Gasteiger charge is 2.51. The second-order valence-electron chi connectivity index (χ2n) is 7.26. The summed E-state index contributed by atoms with van der Waals surface area (Å²) in [4.78, 5) is 4.01. The zero-order chi connectivity index (χ0) is 17.4. The van der Waals surface area contributed by atoms with Gasteiger partial charge in [0.1, 0.15) is 12.4 Å². The van der Waals surface area contributed by atoms with Crippen molar-refractivity contribution in [3.8, 4) is 5.75 Å². The van der Waals surface area contributed by atoms with Gasteiger partial charge in [-0.1, -0.05) is 12.1 Å². The van der Waals surface area contributed by atoms with Gasteiger partial charge in [0, 0.05) is 12.4 Å². The van der Waals surface area contributed by atoms with Gasteiger partial charge in [0.15, 0.2) is 0 Å². The molecule has 1 aliphatic rings. The van der Waals surface area contributed by atoms with E-state index in [0.29, 0.717) is 6.61 Å². The van der Waals surface area contributed by atoms with E-state index in [1.54, 1.807) is 12.4 Å². The molecule has 2 heterocycles.